The molecule has 1 aliphatic carbocycles. The van der Waals surface area contributed by atoms with Crippen molar-refractivity contribution >= 4 is 23.5 Å². The fourth-order valence-corrected chi connectivity index (χ4v) is 4.09. The molecule has 11 heteroatoms. The summed E-state index contributed by atoms with van der Waals surface area (Å²) in [6.07, 6.45) is -0.559. The predicted molar refractivity (Wildman–Crippen MR) is 123 cm³/mol. The van der Waals surface area contributed by atoms with Gasteiger partial charge in [0.15, 0.2) is 11.6 Å². The average Bonchev–Trinajstić information content (AvgIpc) is 3.64. The minimum absolute atomic E-state index is 0.0168. The fraction of sp³-hybridized carbons (Fsp3) is 0.500. The van der Waals surface area contributed by atoms with Gasteiger partial charge in [0.2, 0.25) is 5.91 Å². The highest BCUT2D eigenvalue weighted by Crippen LogP contribution is 2.36. The van der Waals surface area contributed by atoms with Gasteiger partial charge in [-0.2, -0.15) is 13.2 Å². The highest BCUT2D eigenvalue weighted by atomic mass is 19.4. The van der Waals surface area contributed by atoms with Gasteiger partial charge in [-0.3, -0.25) is 9.59 Å². The number of aryl methyl sites for hydroxylation is 1. The molecule has 4 rings (SSSR count). The molecule has 8 nitrogen and oxygen atoms in total. The van der Waals surface area contributed by atoms with Crippen molar-refractivity contribution in [2.75, 3.05) is 29.9 Å². The van der Waals surface area contributed by atoms with Crippen LogP contribution in [0.4, 0.5) is 24.8 Å². The largest absolute Gasteiger partial charge is 0.490 e. The number of amides is 2. The number of nitrogens with zero attached hydrogens (tertiary/aromatic N) is 3. The summed E-state index contributed by atoms with van der Waals surface area (Å²) in [5, 5.41) is 5.76. The van der Waals surface area contributed by atoms with E-state index in [1.165, 1.54) is 0 Å². The third-order valence-electron chi connectivity index (χ3n) is 5.93. The van der Waals surface area contributed by atoms with E-state index in [4.69, 9.17) is 4.74 Å². The van der Waals surface area contributed by atoms with E-state index in [0.29, 0.717) is 42.4 Å². The molecule has 0 radical (unpaired) electrons. The van der Waals surface area contributed by atoms with Crippen molar-refractivity contribution in [3.05, 3.63) is 41.2 Å². The predicted octanol–water partition coefficient (Wildman–Crippen LogP) is 3.95. The minimum Gasteiger partial charge on any atom is -0.490 e. The van der Waals surface area contributed by atoms with Crippen molar-refractivity contribution in [2.45, 2.75) is 51.7 Å². The van der Waals surface area contributed by atoms with E-state index in [1.54, 1.807) is 26.0 Å². The molecule has 0 bridgehead atoms. The first-order valence-electron chi connectivity index (χ1n) is 11.7. The van der Waals surface area contributed by atoms with Crippen LogP contribution in [0.2, 0.25) is 0 Å². The molecule has 188 valence electrons. The van der Waals surface area contributed by atoms with Gasteiger partial charge >= 0.3 is 6.18 Å². The van der Waals surface area contributed by atoms with Gasteiger partial charge in [0, 0.05) is 42.5 Å². The Bertz CT molecular complexity index is 1100. The number of aromatic nitrogens is 2. The zero-order chi connectivity index (χ0) is 25.2. The molecule has 2 aromatic rings. The number of ether oxygens (including phenoxy) is 1. The number of pyridine rings is 2. The SMILES string of the molecule is CCOc1cc(C(F)(F)F)cnc1N1CCC[C@@H](NC(=O)c2cc(C)nc(NC(=O)C3CC3)c2)C1. The summed E-state index contributed by atoms with van der Waals surface area (Å²) in [5.41, 5.74) is 0.108. The maximum absolute atomic E-state index is 13.1. The van der Waals surface area contributed by atoms with Gasteiger partial charge in [0.05, 0.1) is 12.2 Å². The lowest BCUT2D eigenvalue weighted by Crippen LogP contribution is -2.48. The molecule has 1 atom stereocenters. The van der Waals surface area contributed by atoms with E-state index in [-0.39, 0.29) is 36.1 Å². The van der Waals surface area contributed by atoms with Crippen LogP contribution in [0.25, 0.3) is 0 Å². The first kappa shape index (κ1) is 24.7. The van der Waals surface area contributed by atoms with Crippen molar-refractivity contribution < 1.29 is 27.5 Å². The van der Waals surface area contributed by atoms with Gasteiger partial charge in [-0.25, -0.2) is 9.97 Å². The Morgan fingerprint density at radius 1 is 1.20 bits per heavy atom. The van der Waals surface area contributed by atoms with Crippen LogP contribution in [-0.2, 0) is 11.0 Å². The number of nitrogens with one attached hydrogen (secondary N) is 2. The second-order valence-electron chi connectivity index (χ2n) is 8.88. The van der Waals surface area contributed by atoms with Crippen LogP contribution < -0.4 is 20.3 Å². The van der Waals surface area contributed by atoms with Crippen LogP contribution in [0.1, 0.15) is 54.2 Å². The van der Waals surface area contributed by atoms with E-state index in [2.05, 4.69) is 20.6 Å². The number of carbonyl (C=O) groups is 2. The van der Waals surface area contributed by atoms with Gasteiger partial charge < -0.3 is 20.3 Å². The molecule has 2 aromatic heterocycles. The molecular formula is C24H28F3N5O3. The van der Waals surface area contributed by atoms with Gasteiger partial charge in [0.1, 0.15) is 5.82 Å². The van der Waals surface area contributed by atoms with Crippen molar-refractivity contribution in [1.29, 1.82) is 0 Å². The number of hydrogen-bond donors (Lipinski definition) is 2. The van der Waals surface area contributed by atoms with E-state index in [1.807, 2.05) is 4.90 Å². The molecule has 2 aliphatic rings. The van der Waals surface area contributed by atoms with Crippen LogP contribution in [0, 0.1) is 12.8 Å². The second kappa shape index (κ2) is 10.1. The minimum atomic E-state index is -4.52. The molecule has 0 unspecified atom stereocenters. The molecule has 35 heavy (non-hydrogen) atoms. The van der Waals surface area contributed by atoms with Crippen molar-refractivity contribution in [2.24, 2.45) is 5.92 Å². The third kappa shape index (κ3) is 6.20. The van der Waals surface area contributed by atoms with Crippen LogP contribution >= 0.6 is 0 Å². The summed E-state index contributed by atoms with van der Waals surface area (Å²) >= 11 is 0. The van der Waals surface area contributed by atoms with Crippen LogP contribution in [0.15, 0.2) is 24.4 Å². The fourth-order valence-electron chi connectivity index (χ4n) is 4.09. The van der Waals surface area contributed by atoms with Gasteiger partial charge in [0.25, 0.3) is 5.91 Å². The summed E-state index contributed by atoms with van der Waals surface area (Å²) in [4.78, 5) is 35.2. The van der Waals surface area contributed by atoms with Crippen molar-refractivity contribution in [3.63, 3.8) is 0 Å². The van der Waals surface area contributed by atoms with E-state index >= 15 is 0 Å². The highest BCUT2D eigenvalue weighted by Gasteiger charge is 2.33. The number of anilines is 2. The van der Waals surface area contributed by atoms with E-state index in [0.717, 1.165) is 31.5 Å². The van der Waals surface area contributed by atoms with Crippen LogP contribution in [0.5, 0.6) is 5.75 Å². The van der Waals surface area contributed by atoms with Gasteiger partial charge in [-0.1, -0.05) is 0 Å². The molecule has 1 aliphatic heterocycles. The lowest BCUT2D eigenvalue weighted by Gasteiger charge is -2.34. The monoisotopic (exact) mass is 491 g/mol. The average molecular weight is 492 g/mol. The summed E-state index contributed by atoms with van der Waals surface area (Å²) in [6.45, 7) is 4.60. The zero-order valence-corrected chi connectivity index (χ0v) is 19.6. The third-order valence-corrected chi connectivity index (χ3v) is 5.93. The molecule has 2 N–H and O–H groups in total. The smallest absolute Gasteiger partial charge is 0.418 e. The number of rotatable bonds is 7. The number of carbonyl (C=O) groups excluding carboxylic acids is 2. The Labute approximate surface area is 201 Å². The first-order chi connectivity index (χ1) is 16.6. The lowest BCUT2D eigenvalue weighted by molar-refractivity contribution is -0.138. The Morgan fingerprint density at radius 3 is 2.66 bits per heavy atom. The Hall–Kier alpha value is -3.37. The quantitative estimate of drug-likeness (QED) is 0.609. The standard InChI is InChI=1S/C24H28F3N5O3/c1-3-35-19-11-17(24(25,26)27)12-28-21(19)32-8-4-5-18(13-32)30-23(34)16-9-14(2)29-20(10-16)31-22(33)15-6-7-15/h9-12,15,18H,3-8,13H2,1-2H3,(H,30,34)(H,29,31,33)/t18-/m1/s1. The number of hydrogen-bond acceptors (Lipinski definition) is 6. The highest BCUT2D eigenvalue weighted by molar-refractivity contribution is 5.97. The molecule has 0 spiro atoms. The maximum Gasteiger partial charge on any atom is 0.418 e. The van der Waals surface area contributed by atoms with Crippen molar-refractivity contribution in [1.82, 2.24) is 15.3 Å². The van der Waals surface area contributed by atoms with Gasteiger partial charge in [-0.15, -0.1) is 0 Å². The summed E-state index contributed by atoms with van der Waals surface area (Å²) in [6, 6.07) is 3.92. The van der Waals surface area contributed by atoms with E-state index < -0.39 is 11.7 Å². The molecule has 2 amide bonds. The molecular weight excluding hydrogens is 463 g/mol. The molecule has 1 saturated heterocycles. The number of alkyl halides is 3. The number of halogens is 3. The Morgan fingerprint density at radius 2 is 1.97 bits per heavy atom. The summed E-state index contributed by atoms with van der Waals surface area (Å²) in [7, 11) is 0. The van der Waals surface area contributed by atoms with Crippen LogP contribution in [0.3, 0.4) is 0 Å². The molecule has 2 fully saturated rings. The van der Waals surface area contributed by atoms with Gasteiger partial charge in [-0.05, 0) is 57.7 Å². The zero-order valence-electron chi connectivity index (χ0n) is 19.6. The number of piperidine rings is 1. The normalized spacial score (nSPS) is 18.2. The topological polar surface area (TPSA) is 96.4 Å². The molecule has 1 saturated carbocycles. The van der Waals surface area contributed by atoms with E-state index in [9.17, 15) is 22.8 Å². The lowest BCUT2D eigenvalue weighted by atomic mass is 10.0. The molecule has 0 aromatic carbocycles. The summed E-state index contributed by atoms with van der Waals surface area (Å²) in [5.74, 6) is 0.343. The molecule has 3 heterocycles. The maximum atomic E-state index is 13.1. The first-order valence-corrected chi connectivity index (χ1v) is 11.7. The van der Waals surface area contributed by atoms with Crippen LogP contribution in [-0.4, -0.2) is 47.5 Å². The summed E-state index contributed by atoms with van der Waals surface area (Å²) < 4.78 is 44.9. The van der Waals surface area contributed by atoms with Crippen molar-refractivity contribution in [3.8, 4) is 5.75 Å². The Balaban J connectivity index is 1.46. The Kier molecular flexibility index (Phi) is 7.13. The second-order valence-corrected chi connectivity index (χ2v) is 8.88.